The summed E-state index contributed by atoms with van der Waals surface area (Å²) in [5.41, 5.74) is 1.96. The van der Waals surface area contributed by atoms with Gasteiger partial charge in [0.2, 0.25) is 5.91 Å². The van der Waals surface area contributed by atoms with Crippen LogP contribution >= 0.6 is 22.9 Å². The summed E-state index contributed by atoms with van der Waals surface area (Å²) < 4.78 is 13.2. The van der Waals surface area contributed by atoms with Crippen molar-refractivity contribution in [3.63, 3.8) is 0 Å². The van der Waals surface area contributed by atoms with Crippen molar-refractivity contribution < 1.29 is 18.8 Å². The Morgan fingerprint density at radius 2 is 1.97 bits per heavy atom. The number of thiophene rings is 1. The zero-order chi connectivity index (χ0) is 21.4. The van der Waals surface area contributed by atoms with E-state index in [9.17, 15) is 18.8 Å². The van der Waals surface area contributed by atoms with Crippen molar-refractivity contribution in [3.8, 4) is 0 Å². The van der Waals surface area contributed by atoms with E-state index in [1.807, 2.05) is 0 Å². The average Bonchev–Trinajstić information content (AvgIpc) is 3.06. The van der Waals surface area contributed by atoms with Crippen LogP contribution < -0.4 is 15.5 Å². The van der Waals surface area contributed by atoms with Crippen LogP contribution in [0.2, 0.25) is 5.02 Å². The van der Waals surface area contributed by atoms with Gasteiger partial charge in [-0.15, -0.1) is 11.3 Å². The van der Waals surface area contributed by atoms with E-state index in [2.05, 4.69) is 10.6 Å². The fraction of sp³-hybridized carbons (Fsp3) is 0.0952. The van der Waals surface area contributed by atoms with E-state index in [-0.39, 0.29) is 28.9 Å². The van der Waals surface area contributed by atoms with Crippen LogP contribution in [0.5, 0.6) is 0 Å². The molecule has 0 saturated carbocycles. The molecule has 0 aliphatic carbocycles. The van der Waals surface area contributed by atoms with Crippen LogP contribution in [0.4, 0.5) is 20.8 Å². The summed E-state index contributed by atoms with van der Waals surface area (Å²) in [6.45, 7) is 1.65. The maximum Gasteiger partial charge on any atom is 0.269 e. The van der Waals surface area contributed by atoms with Crippen LogP contribution in [0.25, 0.3) is 0 Å². The zero-order valence-electron chi connectivity index (χ0n) is 15.7. The maximum atomic E-state index is 13.2. The van der Waals surface area contributed by atoms with Crippen molar-refractivity contribution in [3.05, 3.63) is 75.4 Å². The van der Waals surface area contributed by atoms with E-state index < -0.39 is 11.7 Å². The number of rotatable bonds is 3. The molecule has 0 atom stereocenters. The number of carbonyl (C=O) groups is 3. The summed E-state index contributed by atoms with van der Waals surface area (Å²) in [5, 5.41) is 5.87. The molecule has 152 valence electrons. The second kappa shape index (κ2) is 7.89. The standard InChI is InChI=1S/C21H15ClFN3O3S/c1-11-8-18(25-20(28)13-7-6-12(23)9-14(13)22)30-19(11)21(29)26-10-17(27)24-15-4-2-3-5-16(15)26/h2-9H,10H2,1H3,(H,24,27)(H,25,28). The molecule has 0 spiro atoms. The molecule has 0 fully saturated rings. The van der Waals surface area contributed by atoms with E-state index in [1.165, 1.54) is 11.0 Å². The van der Waals surface area contributed by atoms with Gasteiger partial charge >= 0.3 is 0 Å². The van der Waals surface area contributed by atoms with Gasteiger partial charge in [0.1, 0.15) is 12.4 Å². The number of hydrogen-bond acceptors (Lipinski definition) is 4. The molecular weight excluding hydrogens is 429 g/mol. The number of nitrogens with zero attached hydrogens (tertiary/aromatic N) is 1. The second-order valence-corrected chi connectivity index (χ2v) is 8.12. The van der Waals surface area contributed by atoms with Gasteiger partial charge in [0.25, 0.3) is 11.8 Å². The smallest absolute Gasteiger partial charge is 0.269 e. The lowest BCUT2D eigenvalue weighted by molar-refractivity contribution is -0.115. The lowest BCUT2D eigenvalue weighted by atomic mass is 10.1. The van der Waals surface area contributed by atoms with Crippen LogP contribution in [0, 0.1) is 12.7 Å². The molecule has 4 rings (SSSR count). The third-order valence-electron chi connectivity index (χ3n) is 4.54. The Morgan fingerprint density at radius 1 is 1.20 bits per heavy atom. The molecule has 0 saturated heterocycles. The minimum atomic E-state index is -0.540. The number of anilines is 3. The molecule has 9 heteroatoms. The van der Waals surface area contributed by atoms with Gasteiger partial charge in [-0.25, -0.2) is 4.39 Å². The van der Waals surface area contributed by atoms with Gasteiger partial charge in [-0.05, 0) is 48.9 Å². The first kappa shape index (κ1) is 20.1. The number of hydrogen-bond donors (Lipinski definition) is 2. The largest absolute Gasteiger partial charge is 0.323 e. The first-order valence-corrected chi connectivity index (χ1v) is 10.1. The molecule has 0 unspecified atom stereocenters. The number of carbonyl (C=O) groups excluding carboxylic acids is 3. The molecule has 0 radical (unpaired) electrons. The first-order chi connectivity index (χ1) is 14.3. The van der Waals surface area contributed by atoms with Crippen molar-refractivity contribution in [2.75, 3.05) is 22.1 Å². The molecule has 1 aliphatic rings. The highest BCUT2D eigenvalue weighted by atomic mass is 35.5. The highest BCUT2D eigenvalue weighted by Gasteiger charge is 2.29. The molecule has 3 amide bonds. The topological polar surface area (TPSA) is 78.5 Å². The first-order valence-electron chi connectivity index (χ1n) is 8.91. The van der Waals surface area contributed by atoms with E-state index in [0.29, 0.717) is 26.8 Å². The highest BCUT2D eigenvalue weighted by Crippen LogP contribution is 2.34. The quantitative estimate of drug-likeness (QED) is 0.615. The minimum absolute atomic E-state index is 0.00647. The summed E-state index contributed by atoms with van der Waals surface area (Å²) >= 11 is 7.04. The van der Waals surface area contributed by atoms with Crippen molar-refractivity contribution in [2.45, 2.75) is 6.92 Å². The normalized spacial score (nSPS) is 12.9. The third kappa shape index (κ3) is 3.79. The van der Waals surface area contributed by atoms with Gasteiger partial charge < -0.3 is 10.6 Å². The van der Waals surface area contributed by atoms with Gasteiger partial charge in [-0.1, -0.05) is 23.7 Å². The maximum absolute atomic E-state index is 13.2. The Kier molecular flexibility index (Phi) is 5.27. The third-order valence-corrected chi connectivity index (χ3v) is 5.99. The molecule has 2 heterocycles. The van der Waals surface area contributed by atoms with Gasteiger partial charge in [0.05, 0.1) is 31.8 Å². The number of para-hydroxylation sites is 2. The number of amides is 3. The highest BCUT2D eigenvalue weighted by molar-refractivity contribution is 7.18. The molecule has 1 aromatic heterocycles. The van der Waals surface area contributed by atoms with Gasteiger partial charge in [-0.3, -0.25) is 19.3 Å². The molecule has 2 aromatic carbocycles. The van der Waals surface area contributed by atoms with E-state index in [0.717, 1.165) is 23.5 Å². The van der Waals surface area contributed by atoms with E-state index >= 15 is 0 Å². The van der Waals surface area contributed by atoms with Crippen LogP contribution in [0.3, 0.4) is 0 Å². The summed E-state index contributed by atoms with van der Waals surface area (Å²) in [7, 11) is 0. The van der Waals surface area contributed by atoms with Crippen molar-refractivity contribution in [1.29, 1.82) is 0 Å². The SMILES string of the molecule is Cc1cc(NC(=O)c2ccc(F)cc2Cl)sc1C(=O)N1CC(=O)Nc2ccccc21. The summed E-state index contributed by atoms with van der Waals surface area (Å²) in [6.07, 6.45) is 0. The zero-order valence-corrected chi connectivity index (χ0v) is 17.2. The predicted octanol–water partition coefficient (Wildman–Crippen LogP) is 4.70. The van der Waals surface area contributed by atoms with Gasteiger partial charge in [0.15, 0.2) is 0 Å². The Bertz CT molecular complexity index is 1190. The second-order valence-electron chi connectivity index (χ2n) is 6.66. The number of fused-ring (bicyclic) bond motifs is 1. The summed E-state index contributed by atoms with van der Waals surface area (Å²) in [6, 6.07) is 12.2. The fourth-order valence-electron chi connectivity index (χ4n) is 3.15. The molecule has 30 heavy (non-hydrogen) atoms. The predicted molar refractivity (Wildman–Crippen MR) is 115 cm³/mol. The molecular formula is C21H15ClFN3O3S. The van der Waals surface area contributed by atoms with Crippen molar-refractivity contribution >= 4 is 57.0 Å². The van der Waals surface area contributed by atoms with Crippen molar-refractivity contribution in [2.24, 2.45) is 0 Å². The molecule has 1 aliphatic heterocycles. The monoisotopic (exact) mass is 443 g/mol. The van der Waals surface area contributed by atoms with Crippen molar-refractivity contribution in [1.82, 2.24) is 0 Å². The Labute approximate surface area is 180 Å². The Morgan fingerprint density at radius 3 is 2.73 bits per heavy atom. The van der Waals surface area contributed by atoms with Gasteiger partial charge in [0, 0.05) is 0 Å². The summed E-state index contributed by atoms with van der Waals surface area (Å²) in [4.78, 5) is 39.5. The average molecular weight is 444 g/mol. The van der Waals surface area contributed by atoms with Crippen LogP contribution in [0.1, 0.15) is 25.6 Å². The number of halogens is 2. The minimum Gasteiger partial charge on any atom is -0.323 e. The fourth-order valence-corrected chi connectivity index (χ4v) is 4.42. The van der Waals surface area contributed by atoms with Gasteiger partial charge in [-0.2, -0.15) is 0 Å². The lowest BCUT2D eigenvalue weighted by Gasteiger charge is -2.28. The van der Waals surface area contributed by atoms with Crippen LogP contribution in [-0.4, -0.2) is 24.3 Å². The molecule has 3 aromatic rings. The number of benzene rings is 2. The lowest BCUT2D eigenvalue weighted by Crippen LogP contribution is -2.42. The number of nitrogens with one attached hydrogen (secondary N) is 2. The number of aryl methyl sites for hydroxylation is 1. The van der Waals surface area contributed by atoms with Crippen LogP contribution in [0.15, 0.2) is 48.5 Å². The van der Waals surface area contributed by atoms with Crippen LogP contribution in [-0.2, 0) is 4.79 Å². The molecule has 6 nitrogen and oxygen atoms in total. The molecule has 0 bridgehead atoms. The summed E-state index contributed by atoms with van der Waals surface area (Å²) in [5.74, 6) is -1.67. The van der Waals surface area contributed by atoms with E-state index in [1.54, 1.807) is 37.3 Å². The Hall–Kier alpha value is -3.23. The Balaban J connectivity index is 1.59. The molecule has 2 N–H and O–H groups in total. The van der Waals surface area contributed by atoms with E-state index in [4.69, 9.17) is 11.6 Å².